The fourth-order valence-corrected chi connectivity index (χ4v) is 2.73. The Bertz CT molecular complexity index is 356. The summed E-state index contributed by atoms with van der Waals surface area (Å²) in [6.07, 6.45) is 4.45. The molecule has 0 radical (unpaired) electrons. The Morgan fingerprint density at radius 3 is 2.55 bits per heavy atom. The number of thioether (sulfide) groups is 1. The third-order valence-electron chi connectivity index (χ3n) is 3.39. The maximum absolute atomic E-state index is 5.97. The van der Waals surface area contributed by atoms with Crippen molar-refractivity contribution >= 4 is 23.4 Å². The lowest BCUT2D eigenvalue weighted by Gasteiger charge is -2.23. The summed E-state index contributed by atoms with van der Waals surface area (Å²) in [5, 5.41) is 4.45. The van der Waals surface area contributed by atoms with Crippen LogP contribution in [0.3, 0.4) is 0 Å². The van der Waals surface area contributed by atoms with Gasteiger partial charge in [-0.15, -0.1) is 0 Å². The first kappa shape index (κ1) is 17.8. The Morgan fingerprint density at radius 2 is 1.95 bits per heavy atom. The van der Waals surface area contributed by atoms with Crippen molar-refractivity contribution in [3.63, 3.8) is 0 Å². The van der Waals surface area contributed by atoms with E-state index in [2.05, 4.69) is 42.6 Å². The second kappa shape index (κ2) is 10.5. The van der Waals surface area contributed by atoms with Crippen LogP contribution in [0, 0.1) is 0 Å². The van der Waals surface area contributed by atoms with Gasteiger partial charge in [-0.3, -0.25) is 0 Å². The van der Waals surface area contributed by atoms with Gasteiger partial charge < -0.3 is 10.2 Å². The van der Waals surface area contributed by atoms with Gasteiger partial charge in [-0.2, -0.15) is 11.8 Å². The fourth-order valence-electron chi connectivity index (χ4n) is 2.11. The summed E-state index contributed by atoms with van der Waals surface area (Å²) in [6.45, 7) is 5.53. The number of rotatable bonds is 10. The normalized spacial score (nSPS) is 12.8. The van der Waals surface area contributed by atoms with Crippen molar-refractivity contribution in [2.75, 3.05) is 38.7 Å². The molecule has 20 heavy (non-hydrogen) atoms. The predicted molar refractivity (Wildman–Crippen MR) is 93.0 cm³/mol. The van der Waals surface area contributed by atoms with Gasteiger partial charge in [0.2, 0.25) is 0 Å². The van der Waals surface area contributed by atoms with Crippen molar-refractivity contribution in [1.29, 1.82) is 0 Å². The number of benzene rings is 1. The van der Waals surface area contributed by atoms with Gasteiger partial charge in [-0.25, -0.2) is 0 Å². The zero-order valence-electron chi connectivity index (χ0n) is 12.9. The van der Waals surface area contributed by atoms with Gasteiger partial charge in [0, 0.05) is 23.4 Å². The van der Waals surface area contributed by atoms with Gasteiger partial charge in [0.1, 0.15) is 0 Å². The maximum atomic E-state index is 5.97. The average molecular weight is 315 g/mol. The molecule has 0 aliphatic carbocycles. The quantitative estimate of drug-likeness (QED) is 0.701. The van der Waals surface area contributed by atoms with Crippen molar-refractivity contribution in [2.24, 2.45) is 0 Å². The largest absolute Gasteiger partial charge is 0.310 e. The molecule has 2 nitrogen and oxygen atoms in total. The van der Waals surface area contributed by atoms with Crippen LogP contribution in [0.25, 0.3) is 0 Å². The predicted octanol–water partition coefficient (Wildman–Crippen LogP) is 4.07. The van der Waals surface area contributed by atoms with Gasteiger partial charge in [-0.05, 0) is 56.9 Å². The van der Waals surface area contributed by atoms with Crippen molar-refractivity contribution in [3.05, 3.63) is 34.9 Å². The first-order valence-electron chi connectivity index (χ1n) is 7.33. The van der Waals surface area contributed by atoms with E-state index in [1.165, 1.54) is 11.3 Å². The lowest BCUT2D eigenvalue weighted by molar-refractivity contribution is 0.323. The molecule has 1 unspecified atom stereocenters. The molecule has 1 aromatic carbocycles. The van der Waals surface area contributed by atoms with Gasteiger partial charge in [0.25, 0.3) is 0 Å². The molecule has 0 amide bonds. The van der Waals surface area contributed by atoms with Crippen LogP contribution in [0.5, 0.6) is 0 Å². The Hall–Kier alpha value is -0.220. The number of hydrogen-bond acceptors (Lipinski definition) is 3. The number of nitrogens with zero attached hydrogens (tertiary/aromatic N) is 1. The SMILES string of the molecule is CCCNC(CCN(C)CCSC)c1ccc(Cl)cc1. The highest BCUT2D eigenvalue weighted by Crippen LogP contribution is 2.19. The summed E-state index contributed by atoms with van der Waals surface area (Å²) < 4.78 is 0. The molecule has 4 heteroatoms. The molecule has 0 fully saturated rings. The molecule has 1 aromatic rings. The molecule has 1 atom stereocenters. The number of hydrogen-bond donors (Lipinski definition) is 1. The molecule has 114 valence electrons. The third-order valence-corrected chi connectivity index (χ3v) is 4.23. The van der Waals surface area contributed by atoms with Crippen LogP contribution in [-0.2, 0) is 0 Å². The molecular weight excluding hydrogens is 288 g/mol. The summed E-state index contributed by atoms with van der Waals surface area (Å²) in [5.41, 5.74) is 1.33. The Labute approximate surface area is 133 Å². The number of nitrogens with one attached hydrogen (secondary N) is 1. The van der Waals surface area contributed by atoms with Crippen molar-refractivity contribution < 1.29 is 0 Å². The van der Waals surface area contributed by atoms with Crippen LogP contribution in [0.2, 0.25) is 5.02 Å². The zero-order valence-corrected chi connectivity index (χ0v) is 14.4. The topological polar surface area (TPSA) is 15.3 Å². The third kappa shape index (κ3) is 6.98. The standard InChI is InChI=1S/C16H27ClN2S/c1-4-10-18-16(9-11-19(2)12-13-20-3)14-5-7-15(17)8-6-14/h5-8,16,18H,4,9-13H2,1-3H3. The molecule has 0 aliphatic rings. The summed E-state index contributed by atoms with van der Waals surface area (Å²) in [5.74, 6) is 1.20. The fraction of sp³-hybridized carbons (Fsp3) is 0.625. The van der Waals surface area contributed by atoms with Crippen LogP contribution in [0.15, 0.2) is 24.3 Å². The summed E-state index contributed by atoms with van der Waals surface area (Å²) in [4.78, 5) is 2.41. The molecule has 1 rings (SSSR count). The first-order chi connectivity index (χ1) is 9.67. The zero-order chi connectivity index (χ0) is 14.8. The van der Waals surface area contributed by atoms with Crippen molar-refractivity contribution in [1.82, 2.24) is 10.2 Å². The first-order valence-corrected chi connectivity index (χ1v) is 9.11. The van der Waals surface area contributed by atoms with E-state index in [0.29, 0.717) is 6.04 Å². The second-order valence-electron chi connectivity index (χ2n) is 5.14. The van der Waals surface area contributed by atoms with Gasteiger partial charge in [0.05, 0.1) is 0 Å². The van der Waals surface area contributed by atoms with Crippen LogP contribution in [0.4, 0.5) is 0 Å². The van der Waals surface area contributed by atoms with Crippen molar-refractivity contribution in [3.8, 4) is 0 Å². The van der Waals surface area contributed by atoms with Gasteiger partial charge in [0.15, 0.2) is 0 Å². The summed E-state index contributed by atoms with van der Waals surface area (Å²) in [7, 11) is 2.20. The molecule has 0 bridgehead atoms. The van der Waals surface area contributed by atoms with E-state index in [9.17, 15) is 0 Å². The van der Waals surface area contributed by atoms with Crippen LogP contribution >= 0.6 is 23.4 Å². The van der Waals surface area contributed by atoms with Gasteiger partial charge >= 0.3 is 0 Å². The monoisotopic (exact) mass is 314 g/mol. The van der Waals surface area contributed by atoms with E-state index < -0.39 is 0 Å². The molecule has 0 saturated heterocycles. The highest BCUT2D eigenvalue weighted by molar-refractivity contribution is 7.98. The average Bonchev–Trinajstić information content (AvgIpc) is 2.46. The molecular formula is C16H27ClN2S. The van der Waals surface area contributed by atoms with Crippen LogP contribution in [-0.4, -0.2) is 43.6 Å². The van der Waals surface area contributed by atoms with Crippen molar-refractivity contribution in [2.45, 2.75) is 25.8 Å². The molecule has 0 aromatic heterocycles. The second-order valence-corrected chi connectivity index (χ2v) is 6.57. The van der Waals surface area contributed by atoms with Crippen LogP contribution in [0.1, 0.15) is 31.4 Å². The van der Waals surface area contributed by atoms with E-state index in [1.54, 1.807) is 0 Å². The minimum absolute atomic E-state index is 0.420. The Balaban J connectivity index is 2.53. The lowest BCUT2D eigenvalue weighted by atomic mass is 10.0. The van der Waals surface area contributed by atoms with Gasteiger partial charge in [-0.1, -0.05) is 30.7 Å². The minimum atomic E-state index is 0.420. The molecule has 0 heterocycles. The minimum Gasteiger partial charge on any atom is -0.310 e. The highest BCUT2D eigenvalue weighted by Gasteiger charge is 2.11. The summed E-state index contributed by atoms with van der Waals surface area (Å²) in [6, 6.07) is 8.66. The molecule has 1 N–H and O–H groups in total. The van der Waals surface area contributed by atoms with Crippen LogP contribution < -0.4 is 5.32 Å². The maximum Gasteiger partial charge on any atom is 0.0406 e. The van der Waals surface area contributed by atoms with E-state index in [4.69, 9.17) is 11.6 Å². The molecule has 0 aliphatic heterocycles. The molecule has 0 spiro atoms. The molecule has 0 saturated carbocycles. The Kier molecular flexibility index (Phi) is 9.36. The van der Waals surface area contributed by atoms with E-state index in [0.717, 1.165) is 37.5 Å². The van der Waals surface area contributed by atoms with E-state index >= 15 is 0 Å². The summed E-state index contributed by atoms with van der Waals surface area (Å²) >= 11 is 7.88. The smallest absolute Gasteiger partial charge is 0.0406 e. The lowest BCUT2D eigenvalue weighted by Crippen LogP contribution is -2.29. The number of halogens is 1. The van der Waals surface area contributed by atoms with E-state index in [-0.39, 0.29) is 0 Å². The Morgan fingerprint density at radius 1 is 1.25 bits per heavy atom. The van der Waals surface area contributed by atoms with E-state index in [1.807, 2.05) is 23.9 Å². The highest BCUT2D eigenvalue weighted by atomic mass is 35.5.